The zero-order valence-corrected chi connectivity index (χ0v) is 16.0. The van der Waals surface area contributed by atoms with Crippen LogP contribution in [0.5, 0.6) is 0 Å². The SMILES string of the molecule is CC(O)CS[C@@H]1CC(=O)O[C@@H](C)CCC/C=C/[C@@H]2C[C@H](O)C[C@H]2[C@@H]1O. The van der Waals surface area contributed by atoms with Crippen molar-refractivity contribution in [3.8, 4) is 0 Å². The molecular weight excluding hydrogens is 340 g/mol. The van der Waals surface area contributed by atoms with Crippen molar-refractivity contribution in [1.82, 2.24) is 0 Å². The summed E-state index contributed by atoms with van der Waals surface area (Å²) >= 11 is 1.42. The van der Waals surface area contributed by atoms with Gasteiger partial charge < -0.3 is 20.1 Å². The van der Waals surface area contributed by atoms with Crippen LogP contribution in [-0.2, 0) is 9.53 Å². The van der Waals surface area contributed by atoms with Gasteiger partial charge in [-0.15, -0.1) is 0 Å². The third kappa shape index (κ3) is 6.59. The molecule has 25 heavy (non-hydrogen) atoms. The first-order valence-electron chi connectivity index (χ1n) is 9.38. The van der Waals surface area contributed by atoms with Crippen LogP contribution in [0, 0.1) is 11.8 Å². The molecule has 0 aromatic rings. The molecular formula is C19H32O5S. The van der Waals surface area contributed by atoms with Crippen LogP contribution < -0.4 is 0 Å². The maximum absolute atomic E-state index is 12.3. The first-order valence-corrected chi connectivity index (χ1v) is 10.4. The third-order valence-corrected chi connectivity index (χ3v) is 6.62. The number of fused-ring (bicyclic) bond motifs is 1. The van der Waals surface area contributed by atoms with Crippen molar-refractivity contribution in [2.75, 3.05) is 5.75 Å². The van der Waals surface area contributed by atoms with E-state index in [0.717, 1.165) is 19.3 Å². The number of allylic oxidation sites excluding steroid dienone is 2. The predicted octanol–water partition coefficient (Wildman–Crippen LogP) is 2.28. The average molecular weight is 373 g/mol. The van der Waals surface area contributed by atoms with E-state index in [4.69, 9.17) is 4.74 Å². The van der Waals surface area contributed by atoms with Gasteiger partial charge in [0.1, 0.15) is 0 Å². The van der Waals surface area contributed by atoms with Gasteiger partial charge >= 0.3 is 5.97 Å². The number of hydrogen-bond acceptors (Lipinski definition) is 6. The lowest BCUT2D eigenvalue weighted by atomic mass is 9.87. The van der Waals surface area contributed by atoms with Crippen LogP contribution in [0.1, 0.15) is 52.4 Å². The number of ether oxygens (including phenoxy) is 1. The summed E-state index contributed by atoms with van der Waals surface area (Å²) < 4.78 is 5.48. The number of carbonyl (C=O) groups excluding carboxylic acids is 1. The van der Waals surface area contributed by atoms with Crippen LogP contribution >= 0.6 is 11.8 Å². The smallest absolute Gasteiger partial charge is 0.307 e. The van der Waals surface area contributed by atoms with E-state index in [9.17, 15) is 20.1 Å². The quantitative estimate of drug-likeness (QED) is 0.520. The highest BCUT2D eigenvalue weighted by Crippen LogP contribution is 2.39. The molecule has 0 spiro atoms. The third-order valence-electron chi connectivity index (χ3n) is 5.07. The van der Waals surface area contributed by atoms with Crippen molar-refractivity contribution in [3.05, 3.63) is 12.2 Å². The molecule has 2 aliphatic rings. The maximum atomic E-state index is 12.3. The lowest BCUT2D eigenvalue weighted by Gasteiger charge is -2.30. The molecule has 144 valence electrons. The fourth-order valence-electron chi connectivity index (χ4n) is 3.79. The minimum Gasteiger partial charge on any atom is -0.463 e. The van der Waals surface area contributed by atoms with E-state index in [2.05, 4.69) is 12.2 Å². The summed E-state index contributed by atoms with van der Waals surface area (Å²) in [5.74, 6) is 0.231. The molecule has 1 saturated carbocycles. The highest BCUT2D eigenvalue weighted by Gasteiger charge is 2.40. The molecule has 7 atom stereocenters. The Hall–Kier alpha value is -0.560. The number of aliphatic hydroxyl groups excluding tert-OH is 3. The lowest BCUT2D eigenvalue weighted by molar-refractivity contribution is -0.149. The Morgan fingerprint density at radius 2 is 2.12 bits per heavy atom. The summed E-state index contributed by atoms with van der Waals surface area (Å²) in [6, 6.07) is 0. The molecule has 1 fully saturated rings. The molecule has 3 N–H and O–H groups in total. The first-order chi connectivity index (χ1) is 11.9. The van der Waals surface area contributed by atoms with E-state index in [1.165, 1.54) is 11.8 Å². The Morgan fingerprint density at radius 3 is 2.84 bits per heavy atom. The van der Waals surface area contributed by atoms with Crippen molar-refractivity contribution in [2.45, 2.75) is 82.0 Å². The second kappa shape index (κ2) is 9.95. The fraction of sp³-hybridized carbons (Fsp3) is 0.842. The van der Waals surface area contributed by atoms with Gasteiger partial charge in [0.2, 0.25) is 0 Å². The minimum atomic E-state index is -0.709. The van der Waals surface area contributed by atoms with E-state index >= 15 is 0 Å². The summed E-state index contributed by atoms with van der Waals surface area (Å²) in [5.41, 5.74) is 0. The second-order valence-electron chi connectivity index (χ2n) is 7.53. The Balaban J connectivity index is 2.17. The number of thioether (sulfide) groups is 1. The molecule has 0 amide bonds. The zero-order valence-electron chi connectivity index (χ0n) is 15.2. The van der Waals surface area contributed by atoms with E-state index in [-0.39, 0.29) is 35.6 Å². The number of rotatable bonds is 3. The molecule has 1 heterocycles. The van der Waals surface area contributed by atoms with Crippen LogP contribution in [0.3, 0.4) is 0 Å². The van der Waals surface area contributed by atoms with Crippen molar-refractivity contribution in [3.63, 3.8) is 0 Å². The highest BCUT2D eigenvalue weighted by atomic mass is 32.2. The molecule has 0 bridgehead atoms. The zero-order chi connectivity index (χ0) is 18.4. The number of carbonyl (C=O) groups is 1. The largest absolute Gasteiger partial charge is 0.463 e. The summed E-state index contributed by atoms with van der Waals surface area (Å²) in [6.07, 6.45) is 6.55. The molecule has 5 nitrogen and oxygen atoms in total. The molecule has 0 aromatic heterocycles. The summed E-state index contributed by atoms with van der Waals surface area (Å²) in [5, 5.41) is 30.3. The summed E-state index contributed by atoms with van der Waals surface area (Å²) in [4.78, 5) is 12.3. The average Bonchev–Trinajstić information content (AvgIpc) is 2.90. The molecule has 1 aliphatic heterocycles. The van der Waals surface area contributed by atoms with Crippen LogP contribution in [-0.4, -0.2) is 56.7 Å². The Kier molecular flexibility index (Phi) is 8.26. The van der Waals surface area contributed by atoms with Crippen molar-refractivity contribution >= 4 is 17.7 Å². The molecule has 2 rings (SSSR count). The van der Waals surface area contributed by atoms with Crippen LogP contribution in [0.4, 0.5) is 0 Å². The molecule has 0 saturated heterocycles. The molecule has 0 radical (unpaired) electrons. The molecule has 0 aromatic carbocycles. The van der Waals surface area contributed by atoms with Gasteiger partial charge in [0.05, 0.1) is 30.8 Å². The number of hydrogen-bond donors (Lipinski definition) is 3. The fourth-order valence-corrected chi connectivity index (χ4v) is 4.97. The van der Waals surface area contributed by atoms with Crippen molar-refractivity contribution in [2.24, 2.45) is 11.8 Å². The number of aliphatic hydroxyl groups is 3. The van der Waals surface area contributed by atoms with Gasteiger partial charge in [-0.2, -0.15) is 11.8 Å². The van der Waals surface area contributed by atoms with E-state index in [0.29, 0.717) is 18.6 Å². The monoisotopic (exact) mass is 372 g/mol. The standard InChI is InChI=1S/C19H32O5S/c1-12(20)11-25-17-10-18(22)24-13(2)6-4-3-5-7-14-8-15(21)9-16(14)19(17)23/h5,7,12-17,19-21,23H,3-4,6,8-11H2,1-2H3/b7-5+/t12?,13-,14+,15-,16+,17+,19-/m0/s1. The topological polar surface area (TPSA) is 87.0 Å². The number of cyclic esters (lactones) is 1. The van der Waals surface area contributed by atoms with E-state index < -0.39 is 18.3 Å². The number of esters is 1. The van der Waals surface area contributed by atoms with Gasteiger partial charge in [0, 0.05) is 11.0 Å². The lowest BCUT2D eigenvalue weighted by Crippen LogP contribution is -2.36. The minimum absolute atomic E-state index is 0.0660. The van der Waals surface area contributed by atoms with E-state index in [1.54, 1.807) is 6.92 Å². The van der Waals surface area contributed by atoms with Crippen LogP contribution in [0.15, 0.2) is 12.2 Å². The van der Waals surface area contributed by atoms with Gasteiger partial charge in [0.15, 0.2) is 0 Å². The van der Waals surface area contributed by atoms with Crippen LogP contribution in [0.25, 0.3) is 0 Å². The highest BCUT2D eigenvalue weighted by molar-refractivity contribution is 8.00. The Bertz CT molecular complexity index is 453. The predicted molar refractivity (Wildman–Crippen MR) is 99.3 cm³/mol. The second-order valence-corrected chi connectivity index (χ2v) is 8.80. The van der Waals surface area contributed by atoms with Gasteiger partial charge in [0.25, 0.3) is 0 Å². The van der Waals surface area contributed by atoms with Gasteiger partial charge in [-0.25, -0.2) is 0 Å². The van der Waals surface area contributed by atoms with Crippen LogP contribution in [0.2, 0.25) is 0 Å². The molecule has 1 unspecified atom stereocenters. The first kappa shape index (κ1) is 20.7. The van der Waals surface area contributed by atoms with Gasteiger partial charge in [-0.3, -0.25) is 4.79 Å². The summed E-state index contributed by atoms with van der Waals surface area (Å²) in [7, 11) is 0. The summed E-state index contributed by atoms with van der Waals surface area (Å²) in [6.45, 7) is 3.60. The van der Waals surface area contributed by atoms with Gasteiger partial charge in [-0.05, 0) is 57.8 Å². The van der Waals surface area contributed by atoms with Gasteiger partial charge in [-0.1, -0.05) is 12.2 Å². The molecule has 6 heteroatoms. The maximum Gasteiger partial charge on any atom is 0.307 e. The Morgan fingerprint density at radius 1 is 1.36 bits per heavy atom. The normalized spacial score (nSPS) is 40.1. The van der Waals surface area contributed by atoms with E-state index in [1.807, 2.05) is 6.92 Å². The molecule has 1 aliphatic carbocycles. The Labute approximate surface area is 154 Å². The van der Waals surface area contributed by atoms with Crippen molar-refractivity contribution < 1.29 is 24.9 Å². The van der Waals surface area contributed by atoms with Crippen molar-refractivity contribution in [1.29, 1.82) is 0 Å².